The molecule has 0 N–H and O–H groups in total. The predicted octanol–water partition coefficient (Wildman–Crippen LogP) is 14.4. The van der Waals surface area contributed by atoms with Crippen molar-refractivity contribution in [1.82, 2.24) is 4.57 Å². The van der Waals surface area contributed by atoms with Crippen LogP contribution in [0.4, 0.5) is 0 Å². The first-order chi connectivity index (χ1) is 28.3. The molecule has 10 aromatic rings. The molecule has 9 aromatic carbocycles. The van der Waals surface area contributed by atoms with Crippen molar-refractivity contribution in [2.45, 2.75) is 11.8 Å². The van der Waals surface area contributed by atoms with Gasteiger partial charge in [-0.25, -0.2) is 0 Å². The van der Waals surface area contributed by atoms with Crippen molar-refractivity contribution in [1.29, 1.82) is 0 Å². The molecule has 0 aliphatic heterocycles. The van der Waals surface area contributed by atoms with Gasteiger partial charge in [0.2, 0.25) is 0 Å². The van der Waals surface area contributed by atoms with Gasteiger partial charge >= 0.3 is 0 Å². The van der Waals surface area contributed by atoms with Gasteiger partial charge in [-0.1, -0.05) is 182 Å². The van der Waals surface area contributed by atoms with Crippen LogP contribution in [0.3, 0.4) is 0 Å². The summed E-state index contributed by atoms with van der Waals surface area (Å²) in [7, 11) is 0. The minimum Gasteiger partial charge on any atom is -0.309 e. The summed E-state index contributed by atoms with van der Waals surface area (Å²) in [6, 6.07) is 78.9. The fraction of sp³-hybridized carbons (Fsp3) is 0.0357. The number of hydrogen-bond donors (Lipinski definition) is 0. The molecule has 0 amide bonds. The Morgan fingerprint density at radius 2 is 0.754 bits per heavy atom. The summed E-state index contributed by atoms with van der Waals surface area (Å²) < 4.78 is 2.40. The molecule has 2 atom stereocenters. The molecule has 0 saturated carbocycles. The monoisotopic (exact) mass is 723 g/mol. The van der Waals surface area contributed by atoms with Crippen LogP contribution in [-0.4, -0.2) is 4.57 Å². The lowest BCUT2D eigenvalue weighted by atomic mass is 9.79. The van der Waals surface area contributed by atoms with Crippen LogP contribution in [0.1, 0.15) is 45.2 Å². The molecular weight excluding hydrogens is 687 g/mol. The molecule has 12 rings (SSSR count). The highest BCUT2D eigenvalue weighted by Gasteiger charge is 2.40. The van der Waals surface area contributed by atoms with Crippen molar-refractivity contribution in [3.63, 3.8) is 0 Å². The molecule has 0 bridgehead atoms. The molecule has 266 valence electrons. The highest BCUT2D eigenvalue weighted by molar-refractivity contribution is 6.09. The molecule has 1 heteroatoms. The van der Waals surface area contributed by atoms with Crippen molar-refractivity contribution in [2.24, 2.45) is 0 Å². The molecule has 0 fully saturated rings. The Morgan fingerprint density at radius 1 is 0.298 bits per heavy atom. The maximum atomic E-state index is 2.47. The van der Waals surface area contributed by atoms with Crippen LogP contribution in [0.5, 0.6) is 0 Å². The molecule has 2 unspecified atom stereocenters. The summed E-state index contributed by atoms with van der Waals surface area (Å²) in [5.41, 5.74) is 22.2. The topological polar surface area (TPSA) is 4.93 Å². The molecule has 57 heavy (non-hydrogen) atoms. The summed E-state index contributed by atoms with van der Waals surface area (Å²) in [6.07, 6.45) is 0. The minimum atomic E-state index is 0.0750. The van der Waals surface area contributed by atoms with Crippen LogP contribution < -0.4 is 0 Å². The normalized spacial score (nSPS) is 15.0. The smallest absolute Gasteiger partial charge is 0.0541 e. The number of aromatic nitrogens is 1. The Bertz CT molecular complexity index is 3120. The second-order valence-electron chi connectivity index (χ2n) is 15.6. The van der Waals surface area contributed by atoms with E-state index in [2.05, 4.69) is 217 Å². The maximum Gasteiger partial charge on any atom is 0.0541 e. The van der Waals surface area contributed by atoms with Crippen molar-refractivity contribution >= 4 is 21.8 Å². The third-order valence-corrected chi connectivity index (χ3v) is 12.6. The van der Waals surface area contributed by atoms with Crippen molar-refractivity contribution < 1.29 is 0 Å². The number of benzene rings is 9. The quantitative estimate of drug-likeness (QED) is 0.167. The van der Waals surface area contributed by atoms with Gasteiger partial charge in [0.1, 0.15) is 0 Å². The Morgan fingerprint density at radius 3 is 1.33 bits per heavy atom. The number of para-hydroxylation sites is 2. The lowest BCUT2D eigenvalue weighted by Gasteiger charge is -2.23. The van der Waals surface area contributed by atoms with Crippen molar-refractivity contribution in [2.75, 3.05) is 0 Å². The van der Waals surface area contributed by atoms with Crippen molar-refractivity contribution in [3.05, 3.63) is 246 Å². The Kier molecular flexibility index (Phi) is 7.12. The molecule has 0 radical (unpaired) electrons. The molecule has 1 nitrogen and oxygen atoms in total. The summed E-state index contributed by atoms with van der Waals surface area (Å²) in [6.45, 7) is 0. The van der Waals surface area contributed by atoms with E-state index in [0.29, 0.717) is 0 Å². The van der Waals surface area contributed by atoms with E-state index in [1.807, 2.05) is 0 Å². The standard InChI is InChI=1S/C56H37N/c1-3-15-36(16-4-1)39-33-40(37-27-29-42(30-28-37)57-51-25-13-11-21-45(51)46-22-12-14-26-52(46)57)35-41(34-39)54-48-24-10-8-20-44(48)50-32-31-49-43-19-7-9-23-47(43)53(55(49)56(50)54)38-17-5-2-6-18-38/h1-35,53-54H. The van der Waals surface area contributed by atoms with Gasteiger partial charge in [-0.05, 0) is 108 Å². The second kappa shape index (κ2) is 12.7. The summed E-state index contributed by atoms with van der Waals surface area (Å²) in [5, 5.41) is 2.55. The lowest BCUT2D eigenvalue weighted by Crippen LogP contribution is -2.07. The number of nitrogens with zero attached hydrogens (tertiary/aromatic N) is 1. The number of hydrogen-bond acceptors (Lipinski definition) is 0. The van der Waals surface area contributed by atoms with E-state index in [9.17, 15) is 0 Å². The first kappa shape index (κ1) is 32.1. The van der Waals surface area contributed by atoms with E-state index in [1.165, 1.54) is 99.7 Å². The van der Waals surface area contributed by atoms with Crippen LogP contribution in [0.25, 0.3) is 72.0 Å². The molecular formula is C56H37N. The minimum absolute atomic E-state index is 0.0750. The molecule has 0 saturated heterocycles. The zero-order valence-electron chi connectivity index (χ0n) is 31.3. The highest BCUT2D eigenvalue weighted by Crippen LogP contribution is 2.58. The molecule has 1 aromatic heterocycles. The molecule has 2 aliphatic rings. The van der Waals surface area contributed by atoms with Crippen LogP contribution in [0.15, 0.2) is 212 Å². The second-order valence-corrected chi connectivity index (χ2v) is 15.6. The third-order valence-electron chi connectivity index (χ3n) is 12.6. The van der Waals surface area contributed by atoms with Crippen LogP contribution in [-0.2, 0) is 0 Å². The largest absolute Gasteiger partial charge is 0.309 e. The van der Waals surface area contributed by atoms with Gasteiger partial charge < -0.3 is 4.57 Å². The third kappa shape index (κ3) is 4.89. The first-order valence-electron chi connectivity index (χ1n) is 20.0. The van der Waals surface area contributed by atoms with E-state index in [-0.39, 0.29) is 11.8 Å². The Hall–Kier alpha value is -7.22. The van der Waals surface area contributed by atoms with Gasteiger partial charge in [0.15, 0.2) is 0 Å². The molecule has 1 heterocycles. The van der Waals surface area contributed by atoms with Crippen LogP contribution in [0, 0.1) is 0 Å². The Balaban J connectivity index is 1.07. The summed E-state index contributed by atoms with van der Waals surface area (Å²) in [4.78, 5) is 0. The Labute approximate surface area is 332 Å². The van der Waals surface area contributed by atoms with E-state index < -0.39 is 0 Å². The predicted molar refractivity (Wildman–Crippen MR) is 237 cm³/mol. The van der Waals surface area contributed by atoms with E-state index in [1.54, 1.807) is 0 Å². The van der Waals surface area contributed by atoms with Gasteiger partial charge in [0.05, 0.1) is 11.0 Å². The van der Waals surface area contributed by atoms with E-state index in [0.717, 1.165) is 5.69 Å². The average molecular weight is 724 g/mol. The van der Waals surface area contributed by atoms with E-state index >= 15 is 0 Å². The molecule has 2 aliphatic carbocycles. The zero-order chi connectivity index (χ0) is 37.5. The maximum absolute atomic E-state index is 2.47. The number of fused-ring (bicyclic) bond motifs is 10. The fourth-order valence-electron chi connectivity index (χ4n) is 10.2. The average Bonchev–Trinajstić information content (AvgIpc) is 3.93. The van der Waals surface area contributed by atoms with Crippen LogP contribution >= 0.6 is 0 Å². The van der Waals surface area contributed by atoms with Crippen molar-refractivity contribution in [3.8, 4) is 50.2 Å². The van der Waals surface area contributed by atoms with Gasteiger partial charge in [0.25, 0.3) is 0 Å². The summed E-state index contributed by atoms with van der Waals surface area (Å²) >= 11 is 0. The lowest BCUT2D eigenvalue weighted by molar-refractivity contribution is 0.938. The van der Waals surface area contributed by atoms with Gasteiger partial charge in [0, 0.05) is 28.3 Å². The summed E-state index contributed by atoms with van der Waals surface area (Å²) in [5.74, 6) is 0.236. The molecule has 0 spiro atoms. The van der Waals surface area contributed by atoms with Gasteiger partial charge in [-0.3, -0.25) is 0 Å². The number of rotatable bonds is 5. The highest BCUT2D eigenvalue weighted by atomic mass is 15.0. The van der Waals surface area contributed by atoms with Gasteiger partial charge in [-0.2, -0.15) is 0 Å². The first-order valence-corrected chi connectivity index (χ1v) is 20.0. The fourth-order valence-corrected chi connectivity index (χ4v) is 10.2. The SMILES string of the molecule is c1ccc(-c2cc(-c3ccc(-n4c5ccccc5c5ccccc54)cc3)cc(C3c4ccccc4-c4ccc5c(c43)C(c3ccccc3)c3ccccc3-5)c2)cc1. The van der Waals surface area contributed by atoms with Gasteiger partial charge in [-0.15, -0.1) is 0 Å². The zero-order valence-corrected chi connectivity index (χ0v) is 31.3. The van der Waals surface area contributed by atoms with Crippen LogP contribution in [0.2, 0.25) is 0 Å². The van der Waals surface area contributed by atoms with E-state index in [4.69, 9.17) is 0 Å².